The van der Waals surface area contributed by atoms with Crippen molar-refractivity contribution in [3.8, 4) is 0 Å². The molecule has 1 aromatic rings. The molecule has 0 bridgehead atoms. The highest BCUT2D eigenvalue weighted by Gasteiger charge is 2.57. The Bertz CT molecular complexity index is 900. The minimum atomic E-state index is -0.331. The van der Waals surface area contributed by atoms with Crippen LogP contribution in [0, 0.1) is 28.6 Å². The normalized spacial score (nSPS) is 41.0. The number of aliphatic hydroxyl groups excluding tert-OH is 1. The Labute approximate surface area is 172 Å². The number of fused-ring (bicyclic) bond motifs is 5. The van der Waals surface area contributed by atoms with Crippen LogP contribution >= 0.6 is 0 Å². The molecule has 2 saturated carbocycles. The van der Waals surface area contributed by atoms with Gasteiger partial charge in [0.1, 0.15) is 0 Å². The van der Waals surface area contributed by atoms with Crippen molar-refractivity contribution >= 4 is 11.7 Å². The number of ether oxygens (including phenoxy) is 1. The van der Waals surface area contributed by atoms with Gasteiger partial charge < -0.3 is 9.84 Å². The zero-order valence-electron chi connectivity index (χ0n) is 17.7. The third-order valence-electron chi connectivity index (χ3n) is 8.91. The topological polar surface area (TPSA) is 64.3 Å². The van der Waals surface area contributed by atoms with Crippen molar-refractivity contribution in [2.45, 2.75) is 64.9 Å². The Morgan fingerprint density at radius 1 is 1.17 bits per heavy atom. The number of imidazole rings is 1. The molecule has 5 rings (SSSR count). The zero-order valence-corrected chi connectivity index (χ0v) is 17.7. The van der Waals surface area contributed by atoms with E-state index in [0.29, 0.717) is 23.4 Å². The van der Waals surface area contributed by atoms with E-state index in [1.165, 1.54) is 24.8 Å². The molecule has 2 fully saturated rings. The lowest BCUT2D eigenvalue weighted by atomic mass is 9.48. The first-order valence-corrected chi connectivity index (χ1v) is 11.1. The lowest BCUT2D eigenvalue weighted by Gasteiger charge is -2.57. The second-order valence-corrected chi connectivity index (χ2v) is 10.1. The van der Waals surface area contributed by atoms with Crippen molar-refractivity contribution < 1.29 is 14.6 Å². The average molecular weight is 397 g/mol. The number of aromatic nitrogens is 2. The van der Waals surface area contributed by atoms with Crippen LogP contribution in [0.1, 0.15) is 69.3 Å². The number of allylic oxidation sites excluding steroid dienone is 3. The average Bonchev–Trinajstić information content (AvgIpc) is 3.31. The SMILES string of the molecule is COC(=O)c1cncn1C1=CC[C@H]2[C@@H]3CC=C4C[C@@H](O)CC[C@]4(C)[C@H]3CC[C@]12C. The third kappa shape index (κ3) is 2.62. The largest absolute Gasteiger partial charge is 0.464 e. The molecule has 29 heavy (non-hydrogen) atoms. The van der Waals surface area contributed by atoms with Gasteiger partial charge in [-0.2, -0.15) is 0 Å². The first-order chi connectivity index (χ1) is 13.9. The van der Waals surface area contributed by atoms with Crippen molar-refractivity contribution in [3.63, 3.8) is 0 Å². The van der Waals surface area contributed by atoms with E-state index in [4.69, 9.17) is 4.74 Å². The molecule has 1 heterocycles. The number of hydrogen-bond acceptors (Lipinski definition) is 4. The fraction of sp³-hybridized carbons (Fsp3) is 0.667. The Kier molecular flexibility index (Phi) is 4.32. The second-order valence-electron chi connectivity index (χ2n) is 10.1. The van der Waals surface area contributed by atoms with E-state index in [0.717, 1.165) is 38.5 Å². The van der Waals surface area contributed by atoms with Crippen LogP contribution in [0.3, 0.4) is 0 Å². The minimum Gasteiger partial charge on any atom is -0.464 e. The summed E-state index contributed by atoms with van der Waals surface area (Å²) in [6, 6.07) is 0. The molecule has 5 heteroatoms. The van der Waals surface area contributed by atoms with Gasteiger partial charge in [-0.1, -0.05) is 31.6 Å². The Morgan fingerprint density at radius 2 is 1.97 bits per heavy atom. The number of carbonyl (C=O) groups is 1. The van der Waals surface area contributed by atoms with E-state index in [1.807, 2.05) is 4.57 Å². The van der Waals surface area contributed by atoms with Crippen molar-refractivity contribution in [3.05, 3.63) is 35.9 Å². The smallest absolute Gasteiger partial charge is 0.356 e. The molecular weight excluding hydrogens is 364 g/mol. The Balaban J connectivity index is 1.47. The van der Waals surface area contributed by atoms with Crippen LogP contribution in [-0.2, 0) is 4.74 Å². The first kappa shape index (κ1) is 19.1. The Morgan fingerprint density at radius 3 is 2.76 bits per heavy atom. The molecule has 0 aliphatic heterocycles. The van der Waals surface area contributed by atoms with Crippen molar-refractivity contribution in [2.75, 3.05) is 7.11 Å². The van der Waals surface area contributed by atoms with E-state index < -0.39 is 0 Å². The molecule has 0 radical (unpaired) electrons. The quantitative estimate of drug-likeness (QED) is 0.593. The molecule has 0 aromatic carbocycles. The van der Waals surface area contributed by atoms with Gasteiger partial charge in [0.15, 0.2) is 5.69 Å². The maximum absolute atomic E-state index is 12.2. The number of rotatable bonds is 2. The van der Waals surface area contributed by atoms with E-state index in [1.54, 1.807) is 12.5 Å². The maximum atomic E-state index is 12.2. The van der Waals surface area contributed by atoms with Gasteiger partial charge in [0.25, 0.3) is 0 Å². The summed E-state index contributed by atoms with van der Waals surface area (Å²) in [6.45, 7) is 4.85. The van der Waals surface area contributed by atoms with Crippen molar-refractivity contribution in [1.82, 2.24) is 9.55 Å². The Hall–Kier alpha value is -1.88. The standard InChI is InChI=1S/C24H32N2O3/c1-23-10-8-16(27)12-15(23)4-5-17-18-6-7-21(24(18,2)11-9-19(17)23)26-14-25-13-20(26)22(28)29-3/h4,7,13-14,16-19,27H,5-6,8-12H2,1-3H3/t16-,17-,18-,19-,23-,24-/m0/s1. The van der Waals surface area contributed by atoms with Gasteiger partial charge in [-0.05, 0) is 68.1 Å². The fourth-order valence-corrected chi connectivity index (χ4v) is 7.30. The summed E-state index contributed by atoms with van der Waals surface area (Å²) in [5.41, 5.74) is 3.55. The lowest BCUT2D eigenvalue weighted by molar-refractivity contribution is -0.0250. The highest BCUT2D eigenvalue weighted by atomic mass is 16.5. The van der Waals surface area contributed by atoms with Gasteiger partial charge in [-0.3, -0.25) is 4.57 Å². The van der Waals surface area contributed by atoms with Gasteiger partial charge in [0.2, 0.25) is 0 Å². The molecule has 4 aliphatic carbocycles. The van der Waals surface area contributed by atoms with E-state index >= 15 is 0 Å². The van der Waals surface area contributed by atoms with Gasteiger partial charge in [-0.15, -0.1) is 0 Å². The minimum absolute atomic E-state index is 0.0561. The first-order valence-electron chi connectivity index (χ1n) is 11.1. The fourth-order valence-electron chi connectivity index (χ4n) is 7.30. The summed E-state index contributed by atoms with van der Waals surface area (Å²) < 4.78 is 6.94. The molecule has 0 amide bonds. The van der Waals surface area contributed by atoms with Crippen LogP contribution in [0.15, 0.2) is 30.2 Å². The van der Waals surface area contributed by atoms with Gasteiger partial charge in [-0.25, -0.2) is 9.78 Å². The molecule has 5 nitrogen and oxygen atoms in total. The molecule has 0 unspecified atom stereocenters. The number of aliphatic hydroxyl groups is 1. The molecule has 4 aliphatic rings. The van der Waals surface area contributed by atoms with Crippen LogP contribution in [0.4, 0.5) is 0 Å². The summed E-state index contributed by atoms with van der Waals surface area (Å²) in [7, 11) is 1.42. The third-order valence-corrected chi connectivity index (χ3v) is 8.91. The number of methoxy groups -OCH3 is 1. The second kappa shape index (κ2) is 6.56. The van der Waals surface area contributed by atoms with E-state index in [9.17, 15) is 9.90 Å². The molecular formula is C24H32N2O3. The lowest BCUT2D eigenvalue weighted by Crippen LogP contribution is -2.50. The molecule has 1 aromatic heterocycles. The van der Waals surface area contributed by atoms with Crippen molar-refractivity contribution in [1.29, 1.82) is 0 Å². The van der Waals surface area contributed by atoms with Crippen LogP contribution in [0.25, 0.3) is 5.70 Å². The highest BCUT2D eigenvalue weighted by molar-refractivity contribution is 5.89. The van der Waals surface area contributed by atoms with E-state index in [-0.39, 0.29) is 22.9 Å². The number of carbonyl (C=O) groups excluding carboxylic acids is 1. The molecule has 156 valence electrons. The maximum Gasteiger partial charge on any atom is 0.356 e. The van der Waals surface area contributed by atoms with Crippen LogP contribution in [-0.4, -0.2) is 33.8 Å². The van der Waals surface area contributed by atoms with Gasteiger partial charge in [0.05, 0.1) is 25.7 Å². The van der Waals surface area contributed by atoms with Crippen molar-refractivity contribution in [2.24, 2.45) is 28.6 Å². The molecule has 0 saturated heterocycles. The van der Waals surface area contributed by atoms with Crippen LogP contribution < -0.4 is 0 Å². The van der Waals surface area contributed by atoms with Crippen LogP contribution in [0.2, 0.25) is 0 Å². The number of hydrogen-bond donors (Lipinski definition) is 1. The molecule has 0 spiro atoms. The van der Waals surface area contributed by atoms with Crippen LogP contribution in [0.5, 0.6) is 0 Å². The zero-order chi connectivity index (χ0) is 20.4. The molecule has 6 atom stereocenters. The predicted molar refractivity (Wildman–Crippen MR) is 111 cm³/mol. The summed E-state index contributed by atoms with van der Waals surface area (Å²) in [5.74, 6) is 1.62. The summed E-state index contributed by atoms with van der Waals surface area (Å²) >= 11 is 0. The van der Waals surface area contributed by atoms with Gasteiger partial charge >= 0.3 is 5.97 Å². The monoisotopic (exact) mass is 396 g/mol. The predicted octanol–water partition coefficient (Wildman–Crippen LogP) is 4.44. The number of esters is 1. The summed E-state index contributed by atoms with van der Waals surface area (Å²) in [5, 5.41) is 10.2. The van der Waals surface area contributed by atoms with E-state index in [2.05, 4.69) is 31.0 Å². The number of nitrogens with zero attached hydrogens (tertiary/aromatic N) is 2. The summed E-state index contributed by atoms with van der Waals surface area (Å²) in [6.07, 6.45) is 15.5. The summed E-state index contributed by atoms with van der Waals surface area (Å²) in [4.78, 5) is 16.5. The van der Waals surface area contributed by atoms with Gasteiger partial charge in [0, 0.05) is 11.1 Å². The highest BCUT2D eigenvalue weighted by Crippen LogP contribution is 2.65. The molecule has 1 N–H and O–H groups in total.